The van der Waals surface area contributed by atoms with Gasteiger partial charge in [-0.3, -0.25) is 9.82 Å². The van der Waals surface area contributed by atoms with Gasteiger partial charge in [-0.1, -0.05) is 6.92 Å². The minimum Gasteiger partial charge on any atom is -0.263 e. The summed E-state index contributed by atoms with van der Waals surface area (Å²) < 4.78 is 27.0. The van der Waals surface area contributed by atoms with Crippen LogP contribution in [0.1, 0.15) is 22.2 Å². The summed E-state index contributed by atoms with van der Waals surface area (Å²) in [7, 11) is -3.54. The van der Waals surface area contributed by atoms with Gasteiger partial charge in [0, 0.05) is 15.3 Å². The molecule has 0 spiro atoms. The fourth-order valence-electron chi connectivity index (χ4n) is 1.73. The highest BCUT2D eigenvalue weighted by Crippen LogP contribution is 2.27. The number of aromatic amines is 1. The van der Waals surface area contributed by atoms with E-state index in [-0.39, 0.29) is 0 Å². The van der Waals surface area contributed by atoms with Gasteiger partial charge in [-0.05, 0) is 26.3 Å². The molecule has 0 atom stereocenters. The third-order valence-corrected chi connectivity index (χ3v) is 5.19. The van der Waals surface area contributed by atoms with Gasteiger partial charge in [0.2, 0.25) is 0 Å². The van der Waals surface area contributed by atoms with Crippen LogP contribution in [0.3, 0.4) is 0 Å². The van der Waals surface area contributed by atoms with Crippen molar-refractivity contribution in [3.8, 4) is 0 Å². The highest BCUT2D eigenvalue weighted by Gasteiger charge is 2.20. The Morgan fingerprint density at radius 3 is 2.72 bits per heavy atom. The second-order valence-electron chi connectivity index (χ2n) is 4.01. The normalized spacial score (nSPS) is 11.7. The van der Waals surface area contributed by atoms with Gasteiger partial charge >= 0.3 is 0 Å². The fraction of sp³-hybridized carbons (Fsp3) is 0.364. The number of H-pyrrole nitrogens is 1. The summed E-state index contributed by atoms with van der Waals surface area (Å²) in [6, 6.07) is 1.68. The lowest BCUT2D eigenvalue weighted by Crippen LogP contribution is -2.14. The summed E-state index contributed by atoms with van der Waals surface area (Å²) in [5, 5.41) is 6.52. The highest BCUT2D eigenvalue weighted by molar-refractivity contribution is 7.93. The van der Waals surface area contributed by atoms with Crippen LogP contribution in [-0.2, 0) is 16.4 Å². The molecule has 2 rings (SSSR count). The number of anilines is 1. The molecule has 5 nitrogen and oxygen atoms in total. The van der Waals surface area contributed by atoms with Gasteiger partial charge in [0.15, 0.2) is 0 Å². The third kappa shape index (κ3) is 2.41. The Morgan fingerprint density at radius 1 is 1.44 bits per heavy atom. The van der Waals surface area contributed by atoms with Crippen molar-refractivity contribution in [2.75, 3.05) is 4.72 Å². The molecule has 0 bridgehead atoms. The molecule has 0 saturated carbocycles. The smallest absolute Gasteiger partial charge is 0.263 e. The molecule has 0 amide bonds. The van der Waals surface area contributed by atoms with E-state index in [0.29, 0.717) is 10.7 Å². The Balaban J connectivity index is 2.36. The van der Waals surface area contributed by atoms with Gasteiger partial charge < -0.3 is 0 Å². The van der Waals surface area contributed by atoms with E-state index in [9.17, 15) is 8.42 Å². The number of aromatic nitrogens is 2. The molecule has 2 aromatic rings. The SMILES string of the molecule is CCc1cn[nH]c1NS(=O)(=O)c1cc(C)sc1C. The molecule has 7 heteroatoms. The summed E-state index contributed by atoms with van der Waals surface area (Å²) >= 11 is 1.47. The van der Waals surface area contributed by atoms with Crippen molar-refractivity contribution >= 4 is 27.2 Å². The molecule has 0 aliphatic carbocycles. The first-order valence-electron chi connectivity index (χ1n) is 5.56. The van der Waals surface area contributed by atoms with E-state index in [0.717, 1.165) is 21.7 Å². The zero-order valence-corrected chi connectivity index (χ0v) is 12.1. The van der Waals surface area contributed by atoms with E-state index >= 15 is 0 Å². The predicted octanol–water partition coefficient (Wildman–Crippen LogP) is 2.45. The Bertz CT molecular complexity index is 656. The number of sulfonamides is 1. The first-order valence-corrected chi connectivity index (χ1v) is 7.86. The summed E-state index contributed by atoms with van der Waals surface area (Å²) in [5.74, 6) is 0.445. The van der Waals surface area contributed by atoms with Gasteiger partial charge in [0.05, 0.1) is 6.20 Å². The lowest BCUT2D eigenvalue weighted by Gasteiger charge is -2.06. The molecule has 0 aromatic carbocycles. The van der Waals surface area contributed by atoms with Gasteiger partial charge in [0.25, 0.3) is 10.0 Å². The molecule has 0 saturated heterocycles. The Kier molecular flexibility index (Phi) is 3.45. The second-order valence-corrected chi connectivity index (χ2v) is 7.12. The number of aryl methyl sites for hydroxylation is 3. The van der Waals surface area contributed by atoms with Crippen LogP contribution in [0.2, 0.25) is 0 Å². The number of rotatable bonds is 4. The number of nitrogens with one attached hydrogen (secondary N) is 2. The van der Waals surface area contributed by atoms with Crippen LogP contribution >= 0.6 is 11.3 Å². The zero-order chi connectivity index (χ0) is 13.3. The summed E-state index contributed by atoms with van der Waals surface area (Å²) in [4.78, 5) is 2.10. The molecule has 2 heterocycles. The van der Waals surface area contributed by atoms with Gasteiger partial charge in [0.1, 0.15) is 10.7 Å². The summed E-state index contributed by atoms with van der Waals surface area (Å²) in [6.07, 6.45) is 2.35. The molecule has 98 valence electrons. The quantitative estimate of drug-likeness (QED) is 0.906. The topological polar surface area (TPSA) is 74.8 Å². The second kappa shape index (κ2) is 4.74. The van der Waals surface area contributed by atoms with Crippen molar-refractivity contribution < 1.29 is 8.42 Å². The van der Waals surface area contributed by atoms with E-state index in [1.54, 1.807) is 19.2 Å². The van der Waals surface area contributed by atoms with Crippen LogP contribution in [0.25, 0.3) is 0 Å². The Hall–Kier alpha value is -1.34. The number of hydrogen-bond donors (Lipinski definition) is 2. The minimum atomic E-state index is -3.54. The van der Waals surface area contributed by atoms with Crippen LogP contribution in [-0.4, -0.2) is 18.6 Å². The third-order valence-electron chi connectivity index (χ3n) is 2.62. The first-order chi connectivity index (χ1) is 8.44. The van der Waals surface area contributed by atoms with Crippen LogP contribution in [0.5, 0.6) is 0 Å². The molecule has 0 unspecified atom stereocenters. The van der Waals surface area contributed by atoms with E-state index in [1.807, 2.05) is 13.8 Å². The lowest BCUT2D eigenvalue weighted by atomic mass is 10.3. The van der Waals surface area contributed by atoms with Gasteiger partial charge in [-0.25, -0.2) is 8.42 Å². The van der Waals surface area contributed by atoms with E-state index in [1.165, 1.54) is 11.3 Å². The summed E-state index contributed by atoms with van der Waals surface area (Å²) in [5.41, 5.74) is 0.850. The first kappa shape index (κ1) is 13.1. The molecule has 18 heavy (non-hydrogen) atoms. The number of nitrogens with zero attached hydrogens (tertiary/aromatic N) is 1. The number of hydrogen-bond acceptors (Lipinski definition) is 4. The molecule has 2 aromatic heterocycles. The van der Waals surface area contributed by atoms with Crippen molar-refractivity contribution in [3.05, 3.63) is 27.6 Å². The van der Waals surface area contributed by atoms with Crippen molar-refractivity contribution in [2.24, 2.45) is 0 Å². The van der Waals surface area contributed by atoms with E-state index in [4.69, 9.17) is 0 Å². The highest BCUT2D eigenvalue weighted by atomic mass is 32.2. The predicted molar refractivity (Wildman–Crippen MR) is 72.6 cm³/mol. The van der Waals surface area contributed by atoms with E-state index in [2.05, 4.69) is 14.9 Å². The number of thiophene rings is 1. The molecule has 0 aliphatic heterocycles. The Labute approximate surface area is 110 Å². The van der Waals surface area contributed by atoms with Gasteiger partial charge in [-0.2, -0.15) is 5.10 Å². The van der Waals surface area contributed by atoms with Crippen LogP contribution in [0, 0.1) is 13.8 Å². The van der Waals surface area contributed by atoms with Crippen molar-refractivity contribution in [2.45, 2.75) is 32.1 Å². The monoisotopic (exact) mass is 285 g/mol. The molecule has 0 radical (unpaired) electrons. The standard InChI is InChI=1S/C11H15N3O2S2/c1-4-9-6-12-13-11(9)14-18(15,16)10-5-7(2)17-8(10)3/h5-6H,4H2,1-3H3,(H2,12,13,14). The van der Waals surface area contributed by atoms with Gasteiger partial charge in [-0.15, -0.1) is 11.3 Å². The van der Waals surface area contributed by atoms with Crippen molar-refractivity contribution in [1.29, 1.82) is 0 Å². The maximum absolute atomic E-state index is 12.2. The maximum Gasteiger partial charge on any atom is 0.264 e. The maximum atomic E-state index is 12.2. The largest absolute Gasteiger partial charge is 0.264 e. The fourth-order valence-corrected chi connectivity index (χ4v) is 4.34. The molecule has 0 fully saturated rings. The lowest BCUT2D eigenvalue weighted by molar-refractivity contribution is 0.601. The van der Waals surface area contributed by atoms with Crippen molar-refractivity contribution in [3.63, 3.8) is 0 Å². The van der Waals surface area contributed by atoms with Crippen LogP contribution < -0.4 is 4.72 Å². The molecule has 0 aliphatic rings. The van der Waals surface area contributed by atoms with Crippen molar-refractivity contribution in [1.82, 2.24) is 10.2 Å². The van der Waals surface area contributed by atoms with E-state index < -0.39 is 10.0 Å². The van der Waals surface area contributed by atoms with Crippen LogP contribution in [0.4, 0.5) is 5.82 Å². The summed E-state index contributed by atoms with van der Waals surface area (Å²) in [6.45, 7) is 5.65. The average molecular weight is 285 g/mol. The minimum absolute atomic E-state index is 0.335. The average Bonchev–Trinajstić information content (AvgIpc) is 2.84. The molecule has 2 N–H and O–H groups in total. The molecular weight excluding hydrogens is 270 g/mol. The molecular formula is C11H15N3O2S2. The van der Waals surface area contributed by atoms with Crippen LogP contribution in [0.15, 0.2) is 17.2 Å². The zero-order valence-electron chi connectivity index (χ0n) is 10.4. The Morgan fingerprint density at radius 2 is 2.17 bits per heavy atom.